The molecule has 1 aliphatic heterocycles. The molecule has 1 aromatic rings. The molecule has 1 amide bonds. The van der Waals surface area contributed by atoms with Crippen LogP contribution < -0.4 is 21.9 Å². The van der Waals surface area contributed by atoms with Crippen molar-refractivity contribution in [3.05, 3.63) is 34.0 Å². The Balaban J connectivity index is 2.18. The number of nitrogens with one attached hydrogen (secondary N) is 3. The van der Waals surface area contributed by atoms with Crippen molar-refractivity contribution in [2.75, 3.05) is 17.6 Å². The molecule has 0 saturated carbocycles. The van der Waals surface area contributed by atoms with Crippen LogP contribution in [0, 0.1) is 0 Å². The van der Waals surface area contributed by atoms with Crippen molar-refractivity contribution in [3.8, 4) is 0 Å². The van der Waals surface area contributed by atoms with Crippen LogP contribution >= 0.6 is 23.2 Å². The van der Waals surface area contributed by atoms with Crippen LogP contribution in [0.25, 0.3) is 0 Å². The van der Waals surface area contributed by atoms with E-state index in [1.807, 2.05) is 0 Å². The highest BCUT2D eigenvalue weighted by atomic mass is 35.5. The lowest BCUT2D eigenvalue weighted by molar-refractivity contribution is -0.112. The summed E-state index contributed by atoms with van der Waals surface area (Å²) in [6.07, 6.45) is 1.59. The summed E-state index contributed by atoms with van der Waals surface area (Å²) < 4.78 is 0. The molecule has 7 heteroatoms. The number of carbonyl (C=O) groups excluding carboxylic acids is 1. The first-order valence-electron chi connectivity index (χ1n) is 4.81. The van der Waals surface area contributed by atoms with Crippen LogP contribution in [0.2, 0.25) is 10.0 Å². The predicted molar refractivity (Wildman–Crippen MR) is 68.7 cm³/mol. The maximum Gasteiger partial charge on any atom is 0.254 e. The van der Waals surface area contributed by atoms with E-state index in [0.29, 0.717) is 33.5 Å². The highest BCUT2D eigenvalue weighted by Gasteiger charge is 2.15. The van der Waals surface area contributed by atoms with Gasteiger partial charge < -0.3 is 16.5 Å². The number of carbonyl (C=O) groups is 1. The molecule has 0 atom stereocenters. The summed E-state index contributed by atoms with van der Waals surface area (Å²) in [4.78, 5) is 11.8. The van der Waals surface area contributed by atoms with Crippen molar-refractivity contribution in [2.45, 2.75) is 0 Å². The minimum absolute atomic E-state index is 0.243. The van der Waals surface area contributed by atoms with E-state index in [1.165, 1.54) is 12.1 Å². The van der Waals surface area contributed by atoms with Gasteiger partial charge in [-0.2, -0.15) is 0 Å². The third-order valence-electron chi connectivity index (χ3n) is 2.26. The van der Waals surface area contributed by atoms with E-state index in [0.717, 1.165) is 0 Å². The molecule has 5 nitrogen and oxygen atoms in total. The first-order valence-corrected chi connectivity index (χ1v) is 5.57. The highest BCUT2D eigenvalue weighted by molar-refractivity contribution is 6.42. The van der Waals surface area contributed by atoms with E-state index in [1.54, 1.807) is 6.20 Å². The highest BCUT2D eigenvalue weighted by Crippen LogP contribution is 2.30. The average Bonchev–Trinajstić information content (AvgIpc) is 2.79. The maximum absolute atomic E-state index is 11.8. The summed E-state index contributed by atoms with van der Waals surface area (Å²) in [5.74, 6) is -0.243. The fraction of sp³-hybridized carbons (Fsp3) is 0.100. The number of hydrazine groups is 1. The van der Waals surface area contributed by atoms with Crippen molar-refractivity contribution in [1.82, 2.24) is 10.9 Å². The molecular formula is C10H10Cl2N4O. The fourth-order valence-corrected chi connectivity index (χ4v) is 1.69. The lowest BCUT2D eigenvalue weighted by atomic mass is 10.2. The number of halogens is 2. The zero-order valence-electron chi connectivity index (χ0n) is 8.68. The Kier molecular flexibility index (Phi) is 3.42. The van der Waals surface area contributed by atoms with Crippen molar-refractivity contribution in [1.29, 1.82) is 0 Å². The van der Waals surface area contributed by atoms with Gasteiger partial charge in [-0.05, 0) is 12.1 Å². The van der Waals surface area contributed by atoms with Gasteiger partial charge in [-0.1, -0.05) is 23.2 Å². The van der Waals surface area contributed by atoms with Gasteiger partial charge >= 0.3 is 0 Å². The second kappa shape index (κ2) is 4.83. The molecule has 0 unspecified atom stereocenters. The van der Waals surface area contributed by atoms with Gasteiger partial charge in [0, 0.05) is 18.3 Å². The summed E-state index contributed by atoms with van der Waals surface area (Å²) in [6, 6.07) is 3.02. The molecule has 0 aliphatic carbocycles. The predicted octanol–water partition coefficient (Wildman–Crippen LogP) is 1.51. The molecule has 0 aromatic heterocycles. The SMILES string of the molecule is Nc1cc(Cl)c(Cl)cc1NC(=O)C1=CNNC1. The Labute approximate surface area is 108 Å². The molecule has 1 heterocycles. The van der Waals surface area contributed by atoms with Gasteiger partial charge in [-0.25, -0.2) is 5.43 Å². The van der Waals surface area contributed by atoms with Gasteiger partial charge in [-0.15, -0.1) is 0 Å². The van der Waals surface area contributed by atoms with Crippen molar-refractivity contribution >= 4 is 40.5 Å². The normalized spacial score (nSPS) is 14.1. The van der Waals surface area contributed by atoms with E-state index in [9.17, 15) is 4.79 Å². The molecule has 17 heavy (non-hydrogen) atoms. The van der Waals surface area contributed by atoms with Crippen LogP contribution in [0.15, 0.2) is 23.9 Å². The molecule has 1 aromatic carbocycles. The van der Waals surface area contributed by atoms with E-state index in [4.69, 9.17) is 28.9 Å². The molecule has 1 aliphatic rings. The molecule has 0 saturated heterocycles. The van der Waals surface area contributed by atoms with Crippen molar-refractivity contribution in [3.63, 3.8) is 0 Å². The van der Waals surface area contributed by atoms with Gasteiger partial charge in [0.25, 0.3) is 5.91 Å². The minimum atomic E-state index is -0.243. The van der Waals surface area contributed by atoms with E-state index in [2.05, 4.69) is 16.2 Å². The fourth-order valence-electron chi connectivity index (χ4n) is 1.35. The topological polar surface area (TPSA) is 79.2 Å². The third kappa shape index (κ3) is 2.63. The number of benzene rings is 1. The van der Waals surface area contributed by atoms with Crippen LogP contribution in [0.4, 0.5) is 11.4 Å². The molecule has 90 valence electrons. The number of rotatable bonds is 2. The summed E-state index contributed by atoms with van der Waals surface area (Å²) in [7, 11) is 0. The number of amides is 1. The van der Waals surface area contributed by atoms with Gasteiger partial charge in [0.05, 0.1) is 21.4 Å². The summed E-state index contributed by atoms with van der Waals surface area (Å²) in [6.45, 7) is 0.451. The number of hydrogen-bond donors (Lipinski definition) is 4. The van der Waals surface area contributed by atoms with Gasteiger partial charge in [0.2, 0.25) is 0 Å². The second-order valence-corrected chi connectivity index (χ2v) is 4.29. The molecule has 0 spiro atoms. The van der Waals surface area contributed by atoms with Gasteiger partial charge in [-0.3, -0.25) is 4.79 Å². The number of nitrogens with two attached hydrogens (primary N) is 1. The molecule has 2 rings (SSSR count). The molecule has 5 N–H and O–H groups in total. The maximum atomic E-state index is 11.8. The standard InChI is InChI=1S/C10H10Cl2N4O/c11-6-1-8(13)9(2-7(6)12)16-10(17)5-3-14-15-4-5/h1-3,14-15H,4,13H2,(H,16,17). The van der Waals surface area contributed by atoms with E-state index >= 15 is 0 Å². The van der Waals surface area contributed by atoms with Crippen LogP contribution in [0.5, 0.6) is 0 Å². The average molecular weight is 273 g/mol. The molecule has 0 radical (unpaired) electrons. The number of anilines is 2. The number of nitrogen functional groups attached to an aromatic ring is 1. The van der Waals surface area contributed by atoms with Crippen molar-refractivity contribution < 1.29 is 4.79 Å². The lowest BCUT2D eigenvalue weighted by Crippen LogP contribution is -2.23. The van der Waals surface area contributed by atoms with E-state index in [-0.39, 0.29) is 5.91 Å². The van der Waals surface area contributed by atoms with Crippen LogP contribution in [-0.2, 0) is 4.79 Å². The summed E-state index contributed by atoms with van der Waals surface area (Å²) >= 11 is 11.6. The monoisotopic (exact) mass is 272 g/mol. The Hall–Kier alpha value is -1.43. The third-order valence-corrected chi connectivity index (χ3v) is 2.98. The Morgan fingerprint density at radius 2 is 2.06 bits per heavy atom. The molecule has 0 fully saturated rings. The first-order chi connectivity index (χ1) is 8.08. The van der Waals surface area contributed by atoms with E-state index < -0.39 is 0 Å². The molecular weight excluding hydrogens is 263 g/mol. The Morgan fingerprint density at radius 3 is 2.71 bits per heavy atom. The minimum Gasteiger partial charge on any atom is -0.397 e. The Morgan fingerprint density at radius 1 is 1.35 bits per heavy atom. The summed E-state index contributed by atoms with van der Waals surface area (Å²) in [5.41, 5.74) is 12.6. The quantitative estimate of drug-likeness (QED) is 0.616. The second-order valence-electron chi connectivity index (χ2n) is 3.48. The van der Waals surface area contributed by atoms with Crippen molar-refractivity contribution in [2.24, 2.45) is 0 Å². The lowest BCUT2D eigenvalue weighted by Gasteiger charge is -2.09. The number of hydrogen-bond acceptors (Lipinski definition) is 4. The molecule has 0 bridgehead atoms. The zero-order valence-corrected chi connectivity index (χ0v) is 10.2. The Bertz CT molecular complexity index is 501. The van der Waals surface area contributed by atoms with Gasteiger partial charge in [0.15, 0.2) is 0 Å². The largest absolute Gasteiger partial charge is 0.397 e. The zero-order chi connectivity index (χ0) is 12.4. The smallest absolute Gasteiger partial charge is 0.254 e. The van der Waals surface area contributed by atoms with Crippen LogP contribution in [0.1, 0.15) is 0 Å². The first kappa shape index (κ1) is 12.0. The van der Waals surface area contributed by atoms with Crippen LogP contribution in [0.3, 0.4) is 0 Å². The van der Waals surface area contributed by atoms with Gasteiger partial charge in [0.1, 0.15) is 0 Å². The summed E-state index contributed by atoms with van der Waals surface area (Å²) in [5, 5.41) is 3.36. The van der Waals surface area contributed by atoms with Crippen LogP contribution in [-0.4, -0.2) is 12.5 Å².